The second-order valence-electron chi connectivity index (χ2n) is 6.87. The van der Waals surface area contributed by atoms with E-state index in [1.807, 2.05) is 23.1 Å². The second-order valence-corrected chi connectivity index (χ2v) is 6.87. The first-order valence-electron chi connectivity index (χ1n) is 8.24. The quantitative estimate of drug-likeness (QED) is 0.940. The number of amides is 1. The van der Waals surface area contributed by atoms with E-state index < -0.39 is 5.60 Å². The van der Waals surface area contributed by atoms with Gasteiger partial charge in [-0.1, -0.05) is 30.3 Å². The van der Waals surface area contributed by atoms with Crippen molar-refractivity contribution in [3.8, 4) is 5.75 Å². The molecule has 0 atom stereocenters. The van der Waals surface area contributed by atoms with Gasteiger partial charge in [-0.25, -0.2) is 0 Å². The molecule has 4 heteroatoms. The van der Waals surface area contributed by atoms with E-state index in [-0.39, 0.29) is 12.5 Å². The standard InChI is InChI=1S/C20H23NO3/c1-20(2,23)14-24-18-9-5-8-16(12-18)19(22)21-11-10-15-6-3-4-7-17(15)13-21/h3-9,12,23H,10-11,13-14H2,1-2H3. The Morgan fingerprint density at radius 1 is 1.17 bits per heavy atom. The molecule has 1 heterocycles. The van der Waals surface area contributed by atoms with Crippen LogP contribution in [0, 0.1) is 0 Å². The van der Waals surface area contributed by atoms with Gasteiger partial charge in [0.15, 0.2) is 0 Å². The Bertz CT molecular complexity index is 734. The second kappa shape index (κ2) is 6.65. The third-order valence-corrected chi connectivity index (χ3v) is 4.09. The normalized spacial score (nSPS) is 14.2. The largest absolute Gasteiger partial charge is 0.491 e. The summed E-state index contributed by atoms with van der Waals surface area (Å²) in [5.41, 5.74) is 2.24. The molecule has 24 heavy (non-hydrogen) atoms. The fraction of sp³-hybridized carbons (Fsp3) is 0.350. The lowest BCUT2D eigenvalue weighted by molar-refractivity contribution is 0.0284. The highest BCUT2D eigenvalue weighted by atomic mass is 16.5. The molecule has 4 nitrogen and oxygen atoms in total. The molecule has 0 radical (unpaired) electrons. The third kappa shape index (κ3) is 3.95. The molecule has 0 unspecified atom stereocenters. The van der Waals surface area contributed by atoms with E-state index in [1.54, 1.807) is 32.0 Å². The van der Waals surface area contributed by atoms with Gasteiger partial charge in [-0.2, -0.15) is 0 Å². The van der Waals surface area contributed by atoms with E-state index in [2.05, 4.69) is 12.1 Å². The molecule has 0 bridgehead atoms. The highest BCUT2D eigenvalue weighted by molar-refractivity contribution is 5.94. The number of carbonyl (C=O) groups excluding carboxylic acids is 1. The predicted octanol–water partition coefficient (Wildman–Crippen LogP) is 3.03. The minimum Gasteiger partial charge on any atom is -0.491 e. The van der Waals surface area contributed by atoms with Gasteiger partial charge in [-0.15, -0.1) is 0 Å². The summed E-state index contributed by atoms with van der Waals surface area (Å²) in [7, 11) is 0. The molecule has 0 fully saturated rings. The molecule has 0 aromatic heterocycles. The van der Waals surface area contributed by atoms with E-state index in [1.165, 1.54) is 11.1 Å². The Morgan fingerprint density at radius 3 is 2.67 bits per heavy atom. The molecule has 0 saturated carbocycles. The van der Waals surface area contributed by atoms with E-state index in [0.717, 1.165) is 13.0 Å². The Hall–Kier alpha value is -2.33. The van der Waals surface area contributed by atoms with Crippen LogP contribution in [-0.2, 0) is 13.0 Å². The Labute approximate surface area is 142 Å². The average molecular weight is 325 g/mol. The lowest BCUT2D eigenvalue weighted by atomic mass is 9.99. The van der Waals surface area contributed by atoms with Gasteiger partial charge in [-0.05, 0) is 49.6 Å². The smallest absolute Gasteiger partial charge is 0.254 e. The number of carbonyl (C=O) groups is 1. The first-order chi connectivity index (χ1) is 11.4. The highest BCUT2D eigenvalue weighted by Gasteiger charge is 2.22. The molecule has 1 aliphatic heterocycles. The van der Waals surface area contributed by atoms with Crippen LogP contribution in [0.5, 0.6) is 5.75 Å². The van der Waals surface area contributed by atoms with Crippen LogP contribution in [0.25, 0.3) is 0 Å². The summed E-state index contributed by atoms with van der Waals surface area (Å²) in [5.74, 6) is 0.610. The highest BCUT2D eigenvalue weighted by Crippen LogP contribution is 2.22. The Morgan fingerprint density at radius 2 is 1.92 bits per heavy atom. The van der Waals surface area contributed by atoms with Crippen LogP contribution in [0.15, 0.2) is 48.5 Å². The first-order valence-corrected chi connectivity index (χ1v) is 8.24. The van der Waals surface area contributed by atoms with Crippen molar-refractivity contribution in [2.24, 2.45) is 0 Å². The minimum atomic E-state index is -0.906. The molecule has 1 N–H and O–H groups in total. The lowest BCUT2D eigenvalue weighted by Gasteiger charge is -2.29. The number of rotatable bonds is 4. The number of hydrogen-bond donors (Lipinski definition) is 1. The van der Waals surface area contributed by atoms with Crippen molar-refractivity contribution in [3.63, 3.8) is 0 Å². The summed E-state index contributed by atoms with van der Waals surface area (Å²) < 4.78 is 5.58. The van der Waals surface area contributed by atoms with Crippen LogP contribution < -0.4 is 4.74 Å². The molecule has 1 amide bonds. The number of fused-ring (bicyclic) bond motifs is 1. The lowest BCUT2D eigenvalue weighted by Crippen LogP contribution is -2.35. The van der Waals surface area contributed by atoms with Crippen molar-refractivity contribution in [2.45, 2.75) is 32.4 Å². The van der Waals surface area contributed by atoms with Crippen LogP contribution in [0.3, 0.4) is 0 Å². The van der Waals surface area contributed by atoms with Crippen LogP contribution in [-0.4, -0.2) is 34.7 Å². The van der Waals surface area contributed by atoms with Gasteiger partial charge in [0.05, 0.1) is 5.60 Å². The molecule has 2 aromatic carbocycles. The SMILES string of the molecule is CC(C)(O)COc1cccc(C(=O)N2CCc3ccccc3C2)c1. The first kappa shape index (κ1) is 16.5. The van der Waals surface area contributed by atoms with Gasteiger partial charge in [0.25, 0.3) is 5.91 Å². The zero-order valence-electron chi connectivity index (χ0n) is 14.2. The summed E-state index contributed by atoms with van der Waals surface area (Å²) in [6.45, 7) is 4.93. The molecule has 3 rings (SSSR count). The van der Waals surface area contributed by atoms with Crippen LogP contribution in [0.4, 0.5) is 0 Å². The Kier molecular flexibility index (Phi) is 4.58. The summed E-state index contributed by atoms with van der Waals surface area (Å²) >= 11 is 0. The Balaban J connectivity index is 1.72. The van der Waals surface area contributed by atoms with E-state index >= 15 is 0 Å². The fourth-order valence-corrected chi connectivity index (χ4v) is 2.83. The maximum absolute atomic E-state index is 12.8. The molecule has 1 aliphatic rings. The van der Waals surface area contributed by atoms with Crippen molar-refractivity contribution in [3.05, 3.63) is 65.2 Å². The minimum absolute atomic E-state index is 0.0122. The average Bonchev–Trinajstić information content (AvgIpc) is 2.58. The molecule has 0 spiro atoms. The van der Waals surface area contributed by atoms with Gasteiger partial charge >= 0.3 is 0 Å². The monoisotopic (exact) mass is 325 g/mol. The fourth-order valence-electron chi connectivity index (χ4n) is 2.83. The van der Waals surface area contributed by atoms with Crippen LogP contribution in [0.1, 0.15) is 35.3 Å². The molecule has 126 valence electrons. The maximum atomic E-state index is 12.8. The van der Waals surface area contributed by atoms with Crippen molar-refractivity contribution in [1.29, 1.82) is 0 Å². The number of ether oxygens (including phenoxy) is 1. The number of benzene rings is 2. The van der Waals surface area contributed by atoms with E-state index in [9.17, 15) is 9.90 Å². The van der Waals surface area contributed by atoms with Crippen LogP contribution in [0.2, 0.25) is 0 Å². The number of hydrogen-bond acceptors (Lipinski definition) is 3. The number of aliphatic hydroxyl groups is 1. The van der Waals surface area contributed by atoms with Gasteiger partial charge < -0.3 is 14.7 Å². The van der Waals surface area contributed by atoms with Gasteiger partial charge in [0.2, 0.25) is 0 Å². The third-order valence-electron chi connectivity index (χ3n) is 4.09. The van der Waals surface area contributed by atoms with Crippen molar-refractivity contribution in [1.82, 2.24) is 4.90 Å². The zero-order chi connectivity index (χ0) is 17.2. The predicted molar refractivity (Wildman–Crippen MR) is 93.1 cm³/mol. The summed E-state index contributed by atoms with van der Waals surface area (Å²) in [6.07, 6.45) is 0.886. The van der Waals surface area contributed by atoms with Crippen molar-refractivity contribution in [2.75, 3.05) is 13.2 Å². The van der Waals surface area contributed by atoms with Crippen molar-refractivity contribution >= 4 is 5.91 Å². The molecule has 0 aliphatic carbocycles. The molecule has 2 aromatic rings. The topological polar surface area (TPSA) is 49.8 Å². The summed E-state index contributed by atoms with van der Waals surface area (Å²) in [6, 6.07) is 15.4. The molecular weight excluding hydrogens is 302 g/mol. The summed E-state index contributed by atoms with van der Waals surface area (Å²) in [4.78, 5) is 14.7. The van der Waals surface area contributed by atoms with E-state index in [4.69, 9.17) is 4.74 Å². The molecular formula is C20H23NO3. The zero-order valence-corrected chi connectivity index (χ0v) is 14.2. The summed E-state index contributed by atoms with van der Waals surface area (Å²) in [5, 5.41) is 9.75. The number of nitrogens with zero attached hydrogens (tertiary/aromatic N) is 1. The van der Waals surface area contributed by atoms with Crippen molar-refractivity contribution < 1.29 is 14.6 Å². The van der Waals surface area contributed by atoms with Gasteiger partial charge in [-0.3, -0.25) is 4.79 Å². The maximum Gasteiger partial charge on any atom is 0.254 e. The van der Waals surface area contributed by atoms with Gasteiger partial charge in [0, 0.05) is 18.7 Å². The van der Waals surface area contributed by atoms with Crippen LogP contribution >= 0.6 is 0 Å². The molecule has 0 saturated heterocycles. The van der Waals surface area contributed by atoms with E-state index in [0.29, 0.717) is 17.9 Å². The van der Waals surface area contributed by atoms with Gasteiger partial charge in [0.1, 0.15) is 12.4 Å².